The van der Waals surface area contributed by atoms with E-state index in [1.54, 1.807) is 13.8 Å². The van der Waals surface area contributed by atoms with Gasteiger partial charge in [-0.25, -0.2) is 4.79 Å². The summed E-state index contributed by atoms with van der Waals surface area (Å²) < 4.78 is 0. The largest absolute Gasteiger partial charge is 0.356 e. The molecule has 3 N–H and O–H groups in total. The lowest BCUT2D eigenvalue weighted by atomic mass is 9.96. The van der Waals surface area contributed by atoms with E-state index in [4.69, 9.17) is 0 Å². The quantitative estimate of drug-likeness (QED) is 0.591. The molecule has 24 heavy (non-hydrogen) atoms. The Labute approximate surface area is 149 Å². The van der Waals surface area contributed by atoms with Crippen LogP contribution in [-0.2, 0) is 9.59 Å². The average Bonchev–Trinajstić information content (AvgIpc) is 2.70. The van der Waals surface area contributed by atoms with Crippen molar-refractivity contribution >= 4 is 30.3 Å². The number of hydrogen-bond acceptors (Lipinski definition) is 4. The predicted octanol–water partition coefficient (Wildman–Crippen LogP) is 1.02. The molecular weight excluding hydrogens is 332 g/mol. The van der Waals surface area contributed by atoms with Gasteiger partial charge in [-0.3, -0.25) is 14.5 Å². The van der Waals surface area contributed by atoms with Crippen LogP contribution in [0.1, 0.15) is 46.0 Å². The van der Waals surface area contributed by atoms with E-state index in [2.05, 4.69) is 16.0 Å². The molecule has 8 heteroatoms. The SMILES string of the molecule is CC1(C)NC(=O)N(CCCC(=O)NCCC2CCCNC2)C1=O.Cl. The van der Waals surface area contributed by atoms with E-state index in [1.165, 1.54) is 17.7 Å². The third kappa shape index (κ3) is 5.63. The van der Waals surface area contributed by atoms with E-state index in [1.807, 2.05) is 0 Å². The molecule has 0 aromatic carbocycles. The Morgan fingerprint density at radius 3 is 2.71 bits per heavy atom. The van der Waals surface area contributed by atoms with E-state index in [0.717, 1.165) is 19.5 Å². The van der Waals surface area contributed by atoms with Gasteiger partial charge >= 0.3 is 6.03 Å². The third-order valence-electron chi connectivity index (χ3n) is 4.50. The predicted molar refractivity (Wildman–Crippen MR) is 94.0 cm³/mol. The first-order valence-corrected chi connectivity index (χ1v) is 8.51. The van der Waals surface area contributed by atoms with Crippen LogP contribution in [-0.4, -0.2) is 54.5 Å². The zero-order valence-electron chi connectivity index (χ0n) is 14.5. The van der Waals surface area contributed by atoms with Crippen LogP contribution in [0.25, 0.3) is 0 Å². The number of halogens is 1. The van der Waals surface area contributed by atoms with Crippen molar-refractivity contribution in [1.29, 1.82) is 0 Å². The minimum atomic E-state index is -0.840. The Morgan fingerprint density at radius 2 is 2.12 bits per heavy atom. The van der Waals surface area contributed by atoms with Gasteiger partial charge in [-0.15, -0.1) is 12.4 Å². The molecular formula is C16H29ClN4O3. The molecule has 2 aliphatic rings. The minimum Gasteiger partial charge on any atom is -0.356 e. The molecule has 138 valence electrons. The summed E-state index contributed by atoms with van der Waals surface area (Å²) in [6.45, 7) is 6.48. The van der Waals surface area contributed by atoms with E-state index in [9.17, 15) is 14.4 Å². The lowest BCUT2D eigenvalue weighted by molar-refractivity contribution is -0.130. The maximum Gasteiger partial charge on any atom is 0.325 e. The van der Waals surface area contributed by atoms with Crippen LogP contribution >= 0.6 is 12.4 Å². The molecule has 0 saturated carbocycles. The molecule has 0 aliphatic carbocycles. The molecule has 2 heterocycles. The van der Waals surface area contributed by atoms with Crippen LogP contribution in [0.2, 0.25) is 0 Å². The smallest absolute Gasteiger partial charge is 0.325 e. The second-order valence-corrected chi connectivity index (χ2v) is 6.97. The second-order valence-electron chi connectivity index (χ2n) is 6.97. The lowest BCUT2D eigenvalue weighted by Crippen LogP contribution is -2.40. The van der Waals surface area contributed by atoms with Gasteiger partial charge in [-0.1, -0.05) is 0 Å². The van der Waals surface area contributed by atoms with Gasteiger partial charge in [0.1, 0.15) is 5.54 Å². The van der Waals surface area contributed by atoms with Gasteiger partial charge in [0.15, 0.2) is 0 Å². The number of carbonyl (C=O) groups is 3. The van der Waals surface area contributed by atoms with E-state index >= 15 is 0 Å². The van der Waals surface area contributed by atoms with E-state index in [0.29, 0.717) is 25.3 Å². The van der Waals surface area contributed by atoms with Crippen molar-refractivity contribution in [3.8, 4) is 0 Å². The Morgan fingerprint density at radius 1 is 1.38 bits per heavy atom. The summed E-state index contributed by atoms with van der Waals surface area (Å²) in [5, 5.41) is 8.92. The Balaban J connectivity index is 0.00000288. The molecule has 0 aromatic heterocycles. The first-order chi connectivity index (χ1) is 10.9. The summed E-state index contributed by atoms with van der Waals surface area (Å²) in [5.74, 6) is 0.407. The maximum absolute atomic E-state index is 12.0. The molecule has 1 unspecified atom stereocenters. The van der Waals surface area contributed by atoms with Gasteiger partial charge in [-0.05, 0) is 58.5 Å². The number of hydrogen-bond donors (Lipinski definition) is 3. The van der Waals surface area contributed by atoms with Crippen molar-refractivity contribution in [3.63, 3.8) is 0 Å². The van der Waals surface area contributed by atoms with Crippen LogP contribution in [0.5, 0.6) is 0 Å². The fourth-order valence-electron chi connectivity index (χ4n) is 3.09. The summed E-state index contributed by atoms with van der Waals surface area (Å²) >= 11 is 0. The summed E-state index contributed by atoms with van der Waals surface area (Å²) in [5.41, 5.74) is -0.840. The van der Waals surface area contributed by atoms with Gasteiger partial charge in [0.05, 0.1) is 0 Å². The van der Waals surface area contributed by atoms with Gasteiger partial charge in [0.2, 0.25) is 5.91 Å². The lowest BCUT2D eigenvalue weighted by Gasteiger charge is -2.22. The number of imide groups is 1. The van der Waals surface area contributed by atoms with Crippen molar-refractivity contribution in [3.05, 3.63) is 0 Å². The van der Waals surface area contributed by atoms with Crippen LogP contribution in [0, 0.1) is 5.92 Å². The first kappa shape index (κ1) is 20.7. The van der Waals surface area contributed by atoms with Gasteiger partial charge < -0.3 is 16.0 Å². The molecule has 0 bridgehead atoms. The second kappa shape index (κ2) is 9.22. The van der Waals surface area contributed by atoms with Crippen LogP contribution < -0.4 is 16.0 Å². The molecule has 1 atom stereocenters. The average molecular weight is 361 g/mol. The number of rotatable bonds is 7. The van der Waals surface area contributed by atoms with E-state index in [-0.39, 0.29) is 36.8 Å². The van der Waals surface area contributed by atoms with Crippen LogP contribution in [0.4, 0.5) is 4.79 Å². The fraction of sp³-hybridized carbons (Fsp3) is 0.812. The molecule has 2 rings (SSSR count). The number of urea groups is 1. The van der Waals surface area contributed by atoms with Gasteiger partial charge in [0, 0.05) is 19.5 Å². The Hall–Kier alpha value is -1.34. The molecule has 4 amide bonds. The first-order valence-electron chi connectivity index (χ1n) is 8.51. The van der Waals surface area contributed by atoms with Crippen molar-refractivity contribution in [2.45, 2.75) is 51.5 Å². The summed E-state index contributed by atoms with van der Waals surface area (Å²) in [4.78, 5) is 36.7. The van der Waals surface area contributed by atoms with Crippen molar-refractivity contribution in [2.24, 2.45) is 5.92 Å². The molecule has 2 aliphatic heterocycles. The normalized spacial score (nSPS) is 22.8. The monoisotopic (exact) mass is 360 g/mol. The van der Waals surface area contributed by atoms with Crippen LogP contribution in [0.15, 0.2) is 0 Å². The van der Waals surface area contributed by atoms with E-state index < -0.39 is 5.54 Å². The molecule has 0 spiro atoms. The highest BCUT2D eigenvalue weighted by atomic mass is 35.5. The Kier molecular flexibility index (Phi) is 7.96. The third-order valence-corrected chi connectivity index (χ3v) is 4.50. The molecule has 7 nitrogen and oxygen atoms in total. The number of piperidine rings is 1. The number of carbonyl (C=O) groups excluding carboxylic acids is 3. The zero-order chi connectivity index (χ0) is 16.9. The molecule has 2 saturated heterocycles. The maximum atomic E-state index is 12.0. The fourth-order valence-corrected chi connectivity index (χ4v) is 3.09. The van der Waals surface area contributed by atoms with Crippen molar-refractivity contribution in [2.75, 3.05) is 26.2 Å². The summed E-state index contributed by atoms with van der Waals surface area (Å²) in [6.07, 6.45) is 4.26. The van der Waals surface area contributed by atoms with Gasteiger partial charge in [0.25, 0.3) is 5.91 Å². The summed E-state index contributed by atoms with van der Waals surface area (Å²) in [7, 11) is 0. The topological polar surface area (TPSA) is 90.5 Å². The van der Waals surface area contributed by atoms with Crippen LogP contribution in [0.3, 0.4) is 0 Å². The zero-order valence-corrected chi connectivity index (χ0v) is 15.3. The highest BCUT2D eigenvalue weighted by molar-refractivity contribution is 6.06. The number of nitrogens with zero attached hydrogens (tertiary/aromatic N) is 1. The highest BCUT2D eigenvalue weighted by Gasteiger charge is 2.43. The molecule has 0 aromatic rings. The standard InChI is InChI=1S/C16H28N4O3.ClH/c1-16(2)14(22)20(15(23)19-16)10-4-6-13(21)18-9-7-12-5-3-8-17-11-12;/h12,17H,3-11H2,1-2H3,(H,18,21)(H,19,23);1H. The minimum absolute atomic E-state index is 0. The molecule has 0 radical (unpaired) electrons. The van der Waals surface area contributed by atoms with Gasteiger partial charge in [-0.2, -0.15) is 0 Å². The molecule has 2 fully saturated rings. The number of amides is 4. The van der Waals surface area contributed by atoms with Crippen molar-refractivity contribution in [1.82, 2.24) is 20.9 Å². The van der Waals surface area contributed by atoms with Crippen molar-refractivity contribution < 1.29 is 14.4 Å². The summed E-state index contributed by atoms with van der Waals surface area (Å²) in [6, 6.07) is -0.370. The highest BCUT2D eigenvalue weighted by Crippen LogP contribution is 2.17. The Bertz CT molecular complexity index is 464. The number of nitrogens with one attached hydrogen (secondary N) is 3.